The fraction of sp³-hybridized carbons (Fsp3) is 0.519. The molecule has 0 unspecified atom stereocenters. The van der Waals surface area contributed by atoms with Crippen LogP contribution in [-0.4, -0.2) is 34.3 Å². The lowest BCUT2D eigenvalue weighted by atomic mass is 9.90. The molecule has 0 aliphatic heterocycles. The Morgan fingerprint density at radius 3 is 2.41 bits per heavy atom. The standard InChI is InChI=1S/C27H37N3O4/c1-5-6-14-27(15-16-27)21-12-10-20(11-13-21)17-28-18-22-8-7-9-23(29-22)30(19-24(31)32)25(33)34-26(2,3)4/h7-13,28H,5-6,14-19H2,1-4H3,(H,31,32). The van der Waals surface area contributed by atoms with Crippen LogP contribution < -0.4 is 10.2 Å². The molecule has 1 amide bonds. The summed E-state index contributed by atoms with van der Waals surface area (Å²) in [6, 6.07) is 14.1. The largest absolute Gasteiger partial charge is 0.480 e. The van der Waals surface area contributed by atoms with Gasteiger partial charge in [0.05, 0.1) is 5.69 Å². The van der Waals surface area contributed by atoms with Gasteiger partial charge in [0.15, 0.2) is 0 Å². The Morgan fingerprint density at radius 1 is 1.12 bits per heavy atom. The highest BCUT2D eigenvalue weighted by molar-refractivity contribution is 5.92. The van der Waals surface area contributed by atoms with Crippen molar-refractivity contribution in [1.29, 1.82) is 0 Å². The van der Waals surface area contributed by atoms with Crippen LogP contribution in [0.2, 0.25) is 0 Å². The summed E-state index contributed by atoms with van der Waals surface area (Å²) in [6.07, 6.45) is 5.67. The number of nitrogens with zero attached hydrogens (tertiary/aromatic N) is 2. The van der Waals surface area contributed by atoms with Crippen molar-refractivity contribution in [2.75, 3.05) is 11.4 Å². The Kier molecular flexibility index (Phi) is 8.31. The van der Waals surface area contributed by atoms with Crippen molar-refractivity contribution in [3.05, 3.63) is 59.3 Å². The van der Waals surface area contributed by atoms with E-state index in [4.69, 9.17) is 4.74 Å². The fourth-order valence-electron chi connectivity index (χ4n) is 4.07. The van der Waals surface area contributed by atoms with Gasteiger partial charge in [0.1, 0.15) is 18.0 Å². The van der Waals surface area contributed by atoms with Crippen molar-refractivity contribution in [2.45, 2.75) is 83.9 Å². The highest BCUT2D eigenvalue weighted by Gasteiger charge is 2.43. The first-order chi connectivity index (χ1) is 16.1. The lowest BCUT2D eigenvalue weighted by Crippen LogP contribution is -2.40. The Labute approximate surface area is 202 Å². The third kappa shape index (κ3) is 7.29. The van der Waals surface area contributed by atoms with Crippen molar-refractivity contribution in [1.82, 2.24) is 10.3 Å². The Balaban J connectivity index is 1.59. The number of carbonyl (C=O) groups excluding carboxylic acids is 1. The SMILES string of the molecule is CCCCC1(c2ccc(CNCc3cccc(N(CC(=O)O)C(=O)OC(C)(C)C)n3)cc2)CC1. The van der Waals surface area contributed by atoms with Gasteiger partial charge in [-0.05, 0) is 68.7 Å². The molecule has 1 aromatic carbocycles. The number of aliphatic carboxylic acids is 1. The zero-order chi connectivity index (χ0) is 24.8. The van der Waals surface area contributed by atoms with E-state index in [-0.39, 0.29) is 5.82 Å². The average molecular weight is 468 g/mol. The van der Waals surface area contributed by atoms with E-state index in [0.29, 0.717) is 24.2 Å². The van der Waals surface area contributed by atoms with Crippen molar-refractivity contribution in [3.63, 3.8) is 0 Å². The Hall–Kier alpha value is -2.93. The number of pyridine rings is 1. The Bertz CT molecular complexity index is 978. The summed E-state index contributed by atoms with van der Waals surface area (Å²) in [7, 11) is 0. The molecule has 0 spiro atoms. The first-order valence-corrected chi connectivity index (χ1v) is 12.1. The molecular formula is C27H37N3O4. The molecule has 1 aliphatic rings. The number of carbonyl (C=O) groups is 2. The third-order valence-electron chi connectivity index (χ3n) is 6.04. The summed E-state index contributed by atoms with van der Waals surface area (Å²) >= 11 is 0. The van der Waals surface area contributed by atoms with Crippen LogP contribution in [0.4, 0.5) is 10.6 Å². The molecule has 1 aromatic heterocycles. The summed E-state index contributed by atoms with van der Waals surface area (Å²) in [6.45, 7) is 8.12. The number of rotatable bonds is 11. The smallest absolute Gasteiger partial charge is 0.416 e. The summed E-state index contributed by atoms with van der Waals surface area (Å²) in [5, 5.41) is 12.6. The maximum atomic E-state index is 12.6. The maximum Gasteiger partial charge on any atom is 0.416 e. The quantitative estimate of drug-likeness (QED) is 0.458. The van der Waals surface area contributed by atoms with Crippen molar-refractivity contribution < 1.29 is 19.4 Å². The van der Waals surface area contributed by atoms with Gasteiger partial charge in [0, 0.05) is 13.1 Å². The van der Waals surface area contributed by atoms with Gasteiger partial charge in [-0.1, -0.05) is 50.1 Å². The molecule has 184 valence electrons. The first kappa shape index (κ1) is 25.7. The average Bonchev–Trinajstić information content (AvgIpc) is 3.56. The van der Waals surface area contributed by atoms with Gasteiger partial charge in [-0.15, -0.1) is 0 Å². The van der Waals surface area contributed by atoms with E-state index >= 15 is 0 Å². The van der Waals surface area contributed by atoms with Gasteiger partial charge in [0.25, 0.3) is 0 Å². The number of amides is 1. The van der Waals surface area contributed by atoms with Crippen LogP contribution >= 0.6 is 0 Å². The number of unbranched alkanes of at least 4 members (excludes halogenated alkanes) is 1. The third-order valence-corrected chi connectivity index (χ3v) is 6.04. The molecule has 3 rings (SSSR count). The van der Waals surface area contributed by atoms with Gasteiger partial charge >= 0.3 is 12.1 Å². The number of aromatic nitrogens is 1. The van der Waals surface area contributed by atoms with Gasteiger partial charge < -0.3 is 15.2 Å². The minimum atomic E-state index is -1.14. The first-order valence-electron chi connectivity index (χ1n) is 12.1. The van der Waals surface area contributed by atoms with Crippen LogP contribution in [0.3, 0.4) is 0 Å². The number of nitrogens with one attached hydrogen (secondary N) is 1. The highest BCUT2D eigenvalue weighted by atomic mass is 16.6. The van der Waals surface area contributed by atoms with Crippen molar-refractivity contribution in [3.8, 4) is 0 Å². The normalized spacial score (nSPS) is 14.5. The van der Waals surface area contributed by atoms with E-state index < -0.39 is 24.2 Å². The summed E-state index contributed by atoms with van der Waals surface area (Å²) < 4.78 is 5.36. The van der Waals surface area contributed by atoms with Crippen LogP contribution in [-0.2, 0) is 28.0 Å². The summed E-state index contributed by atoms with van der Waals surface area (Å²) in [5.74, 6) is -0.885. The van der Waals surface area contributed by atoms with E-state index in [0.717, 1.165) is 4.90 Å². The lowest BCUT2D eigenvalue weighted by Gasteiger charge is -2.26. The fourth-order valence-corrected chi connectivity index (χ4v) is 4.07. The molecule has 1 fully saturated rings. The molecule has 1 saturated carbocycles. The molecular weight excluding hydrogens is 430 g/mol. The zero-order valence-electron chi connectivity index (χ0n) is 20.8. The summed E-state index contributed by atoms with van der Waals surface area (Å²) in [5.41, 5.74) is 3.05. The van der Waals surface area contributed by atoms with E-state index in [9.17, 15) is 14.7 Å². The zero-order valence-corrected chi connectivity index (χ0v) is 20.8. The molecule has 0 bridgehead atoms. The molecule has 1 heterocycles. The molecule has 34 heavy (non-hydrogen) atoms. The second-order valence-electron chi connectivity index (χ2n) is 10.1. The Morgan fingerprint density at radius 2 is 1.82 bits per heavy atom. The van der Waals surface area contributed by atoms with Gasteiger partial charge in [-0.3, -0.25) is 9.69 Å². The molecule has 7 heteroatoms. The number of hydrogen-bond acceptors (Lipinski definition) is 5. The van der Waals surface area contributed by atoms with Gasteiger partial charge in [0.2, 0.25) is 0 Å². The maximum absolute atomic E-state index is 12.6. The van der Waals surface area contributed by atoms with Crippen LogP contribution in [0.25, 0.3) is 0 Å². The number of anilines is 1. The topological polar surface area (TPSA) is 91.8 Å². The van der Waals surface area contributed by atoms with Crippen LogP contribution in [0.15, 0.2) is 42.5 Å². The summed E-state index contributed by atoms with van der Waals surface area (Å²) in [4.78, 5) is 29.4. The minimum Gasteiger partial charge on any atom is -0.480 e. The lowest BCUT2D eigenvalue weighted by molar-refractivity contribution is -0.135. The monoisotopic (exact) mass is 467 g/mol. The van der Waals surface area contributed by atoms with Crippen LogP contribution in [0, 0.1) is 0 Å². The molecule has 2 aromatic rings. The molecule has 1 aliphatic carbocycles. The molecule has 0 radical (unpaired) electrons. The molecule has 7 nitrogen and oxygen atoms in total. The number of hydrogen-bond donors (Lipinski definition) is 2. The van der Waals surface area contributed by atoms with E-state index in [1.54, 1.807) is 32.9 Å². The number of ether oxygens (including phenoxy) is 1. The number of carboxylic acids is 1. The predicted octanol–water partition coefficient (Wildman–Crippen LogP) is 5.42. The second-order valence-corrected chi connectivity index (χ2v) is 10.1. The van der Waals surface area contributed by atoms with E-state index in [1.165, 1.54) is 43.2 Å². The van der Waals surface area contributed by atoms with Gasteiger partial charge in [-0.2, -0.15) is 0 Å². The van der Waals surface area contributed by atoms with Crippen molar-refractivity contribution >= 4 is 17.9 Å². The second kappa shape index (κ2) is 11.0. The van der Waals surface area contributed by atoms with E-state index in [1.807, 2.05) is 6.07 Å². The highest BCUT2D eigenvalue weighted by Crippen LogP contribution is 2.51. The van der Waals surface area contributed by atoms with E-state index in [2.05, 4.69) is 41.5 Å². The van der Waals surface area contributed by atoms with Crippen molar-refractivity contribution in [2.24, 2.45) is 0 Å². The number of benzene rings is 1. The van der Waals surface area contributed by atoms with Crippen LogP contribution in [0.5, 0.6) is 0 Å². The molecule has 2 N–H and O–H groups in total. The predicted molar refractivity (Wildman–Crippen MR) is 133 cm³/mol. The number of carboxylic acid groups (broad SMARTS) is 1. The molecule has 0 saturated heterocycles. The van der Waals surface area contributed by atoms with Crippen LogP contribution in [0.1, 0.15) is 76.6 Å². The van der Waals surface area contributed by atoms with Gasteiger partial charge in [-0.25, -0.2) is 9.78 Å². The minimum absolute atomic E-state index is 0.252. The molecule has 0 atom stereocenters.